The van der Waals surface area contributed by atoms with Gasteiger partial charge in [-0.05, 0) is 41.8 Å². The van der Waals surface area contributed by atoms with Crippen LogP contribution >= 0.6 is 11.6 Å². The van der Waals surface area contributed by atoms with E-state index in [1.165, 1.54) is 5.56 Å². The molecule has 26 heavy (non-hydrogen) atoms. The quantitative estimate of drug-likeness (QED) is 0.873. The van der Waals surface area contributed by atoms with Crippen LogP contribution in [-0.2, 0) is 22.5 Å². The van der Waals surface area contributed by atoms with Crippen molar-refractivity contribution in [1.82, 2.24) is 4.90 Å². The van der Waals surface area contributed by atoms with Crippen LogP contribution in [0.15, 0.2) is 42.5 Å². The van der Waals surface area contributed by atoms with Gasteiger partial charge in [-0.25, -0.2) is 0 Å². The van der Waals surface area contributed by atoms with Crippen LogP contribution in [0.5, 0.6) is 0 Å². The van der Waals surface area contributed by atoms with Gasteiger partial charge in [-0.3, -0.25) is 9.59 Å². The number of halogens is 1. The fourth-order valence-electron chi connectivity index (χ4n) is 3.04. The first-order valence-electron chi connectivity index (χ1n) is 8.53. The SMILES string of the molecule is COCCC(=O)N1CCc2ccc(NC(=O)c3ccccc3Cl)cc2C1. The molecule has 2 aromatic carbocycles. The molecule has 0 radical (unpaired) electrons. The number of benzene rings is 2. The highest BCUT2D eigenvalue weighted by Crippen LogP contribution is 2.24. The third kappa shape index (κ3) is 4.23. The summed E-state index contributed by atoms with van der Waals surface area (Å²) in [6.45, 7) is 1.69. The topological polar surface area (TPSA) is 58.6 Å². The van der Waals surface area contributed by atoms with Gasteiger partial charge < -0.3 is 15.0 Å². The predicted molar refractivity (Wildman–Crippen MR) is 101 cm³/mol. The van der Waals surface area contributed by atoms with Gasteiger partial charge in [0.05, 0.1) is 23.6 Å². The molecule has 0 bridgehead atoms. The Morgan fingerprint density at radius 2 is 2.00 bits per heavy atom. The molecule has 3 rings (SSSR count). The van der Waals surface area contributed by atoms with E-state index >= 15 is 0 Å². The lowest BCUT2D eigenvalue weighted by Crippen LogP contribution is -2.36. The zero-order valence-electron chi connectivity index (χ0n) is 14.6. The van der Waals surface area contributed by atoms with Crippen molar-refractivity contribution in [1.29, 1.82) is 0 Å². The van der Waals surface area contributed by atoms with Crippen LogP contribution in [-0.4, -0.2) is 37.0 Å². The van der Waals surface area contributed by atoms with E-state index in [1.54, 1.807) is 31.4 Å². The highest BCUT2D eigenvalue weighted by Gasteiger charge is 2.21. The third-order valence-electron chi connectivity index (χ3n) is 4.47. The number of methoxy groups -OCH3 is 1. The van der Waals surface area contributed by atoms with Gasteiger partial charge in [0.1, 0.15) is 0 Å². The number of anilines is 1. The first-order valence-corrected chi connectivity index (χ1v) is 8.90. The zero-order valence-corrected chi connectivity index (χ0v) is 15.4. The van der Waals surface area contributed by atoms with Crippen molar-refractivity contribution < 1.29 is 14.3 Å². The average molecular weight is 373 g/mol. The Labute approximate surface area is 157 Å². The molecule has 6 heteroatoms. The Hall–Kier alpha value is -2.37. The van der Waals surface area contributed by atoms with E-state index in [0.717, 1.165) is 12.0 Å². The number of nitrogens with zero attached hydrogens (tertiary/aromatic N) is 1. The molecule has 1 heterocycles. The monoisotopic (exact) mass is 372 g/mol. The normalized spacial score (nSPS) is 13.2. The summed E-state index contributed by atoms with van der Waals surface area (Å²) in [5.74, 6) is -0.164. The predicted octanol–water partition coefficient (Wildman–Crippen LogP) is 3.51. The van der Waals surface area contributed by atoms with E-state index < -0.39 is 0 Å². The minimum absolute atomic E-state index is 0.0861. The molecule has 2 aromatic rings. The Balaban J connectivity index is 1.72. The lowest BCUT2D eigenvalue weighted by molar-refractivity contribution is -0.133. The summed E-state index contributed by atoms with van der Waals surface area (Å²) in [6.07, 6.45) is 1.20. The molecule has 5 nitrogen and oxygen atoms in total. The standard InChI is InChI=1S/C20H21ClN2O3/c1-26-11-9-19(24)23-10-8-14-6-7-16(12-15(14)13-23)22-20(25)17-4-2-3-5-18(17)21/h2-7,12H,8-11,13H2,1H3,(H,22,25). The zero-order chi connectivity index (χ0) is 18.5. The van der Waals surface area contributed by atoms with Gasteiger partial charge in [0, 0.05) is 25.9 Å². The smallest absolute Gasteiger partial charge is 0.257 e. The number of nitrogens with one attached hydrogen (secondary N) is 1. The lowest BCUT2D eigenvalue weighted by Gasteiger charge is -2.29. The van der Waals surface area contributed by atoms with Gasteiger partial charge in [0.15, 0.2) is 0 Å². The minimum atomic E-state index is -0.251. The van der Waals surface area contributed by atoms with Crippen molar-refractivity contribution in [3.8, 4) is 0 Å². The molecule has 0 saturated carbocycles. The van der Waals surface area contributed by atoms with Crippen molar-refractivity contribution in [2.75, 3.05) is 25.6 Å². The van der Waals surface area contributed by atoms with Crippen LogP contribution in [0.2, 0.25) is 5.02 Å². The second-order valence-electron chi connectivity index (χ2n) is 6.23. The summed E-state index contributed by atoms with van der Waals surface area (Å²) in [6, 6.07) is 12.8. The van der Waals surface area contributed by atoms with Gasteiger partial charge >= 0.3 is 0 Å². The number of carbonyl (C=O) groups excluding carboxylic acids is 2. The molecule has 0 fully saturated rings. The van der Waals surface area contributed by atoms with Crippen molar-refractivity contribution in [3.63, 3.8) is 0 Å². The molecule has 0 atom stereocenters. The van der Waals surface area contributed by atoms with Crippen molar-refractivity contribution >= 4 is 29.1 Å². The summed E-state index contributed by atoms with van der Waals surface area (Å²) in [4.78, 5) is 26.5. The Kier molecular flexibility index (Phi) is 5.91. The maximum absolute atomic E-state index is 12.4. The molecule has 1 N–H and O–H groups in total. The average Bonchev–Trinajstić information content (AvgIpc) is 2.65. The largest absolute Gasteiger partial charge is 0.384 e. The van der Waals surface area contributed by atoms with E-state index in [-0.39, 0.29) is 11.8 Å². The summed E-state index contributed by atoms with van der Waals surface area (Å²) in [7, 11) is 1.59. The number of amides is 2. The molecule has 0 spiro atoms. The molecule has 0 aromatic heterocycles. The molecule has 1 aliphatic rings. The van der Waals surface area contributed by atoms with Gasteiger partial charge in [0.2, 0.25) is 5.91 Å². The molecule has 136 valence electrons. The molecular formula is C20H21ClN2O3. The van der Waals surface area contributed by atoms with Crippen molar-refractivity contribution in [2.24, 2.45) is 0 Å². The summed E-state index contributed by atoms with van der Waals surface area (Å²) in [5.41, 5.74) is 3.39. The van der Waals surface area contributed by atoms with Gasteiger partial charge in [-0.1, -0.05) is 29.8 Å². The number of hydrogen-bond acceptors (Lipinski definition) is 3. The molecular weight excluding hydrogens is 352 g/mol. The number of hydrogen-bond donors (Lipinski definition) is 1. The molecule has 1 aliphatic heterocycles. The highest BCUT2D eigenvalue weighted by molar-refractivity contribution is 6.34. The number of ether oxygens (including phenoxy) is 1. The van der Waals surface area contributed by atoms with E-state index in [0.29, 0.717) is 42.4 Å². The molecule has 2 amide bonds. The Bertz CT molecular complexity index is 822. The van der Waals surface area contributed by atoms with Gasteiger partial charge in [0.25, 0.3) is 5.91 Å². The number of fused-ring (bicyclic) bond motifs is 1. The van der Waals surface area contributed by atoms with E-state index in [2.05, 4.69) is 5.32 Å². The maximum atomic E-state index is 12.4. The molecule has 0 unspecified atom stereocenters. The van der Waals surface area contributed by atoms with E-state index in [4.69, 9.17) is 16.3 Å². The Morgan fingerprint density at radius 3 is 2.77 bits per heavy atom. The van der Waals surface area contributed by atoms with Gasteiger partial charge in [-0.15, -0.1) is 0 Å². The molecule has 0 saturated heterocycles. The van der Waals surface area contributed by atoms with Crippen LogP contribution in [0, 0.1) is 0 Å². The van der Waals surface area contributed by atoms with Crippen molar-refractivity contribution in [2.45, 2.75) is 19.4 Å². The summed E-state index contributed by atoms with van der Waals surface area (Å²) >= 11 is 6.08. The molecule has 0 aliphatic carbocycles. The Morgan fingerprint density at radius 1 is 1.19 bits per heavy atom. The highest BCUT2D eigenvalue weighted by atomic mass is 35.5. The lowest BCUT2D eigenvalue weighted by atomic mass is 9.98. The minimum Gasteiger partial charge on any atom is -0.384 e. The van der Waals surface area contributed by atoms with Crippen LogP contribution in [0.25, 0.3) is 0 Å². The fraction of sp³-hybridized carbons (Fsp3) is 0.300. The summed E-state index contributed by atoms with van der Waals surface area (Å²) in [5, 5.41) is 3.30. The van der Waals surface area contributed by atoms with Crippen LogP contribution in [0.4, 0.5) is 5.69 Å². The summed E-state index contributed by atoms with van der Waals surface area (Å²) < 4.78 is 4.98. The first kappa shape index (κ1) is 18.4. The first-order chi connectivity index (χ1) is 12.6. The van der Waals surface area contributed by atoms with Crippen LogP contribution in [0.1, 0.15) is 27.9 Å². The van der Waals surface area contributed by atoms with Crippen LogP contribution < -0.4 is 5.32 Å². The number of carbonyl (C=O) groups is 2. The maximum Gasteiger partial charge on any atom is 0.257 e. The third-order valence-corrected chi connectivity index (χ3v) is 4.80. The van der Waals surface area contributed by atoms with Crippen LogP contribution in [0.3, 0.4) is 0 Å². The van der Waals surface area contributed by atoms with E-state index in [9.17, 15) is 9.59 Å². The van der Waals surface area contributed by atoms with Gasteiger partial charge in [-0.2, -0.15) is 0 Å². The fourth-order valence-corrected chi connectivity index (χ4v) is 3.26. The van der Waals surface area contributed by atoms with Crippen molar-refractivity contribution in [3.05, 3.63) is 64.2 Å². The van der Waals surface area contributed by atoms with E-state index in [1.807, 2.05) is 23.1 Å². The second-order valence-corrected chi connectivity index (χ2v) is 6.63. The second kappa shape index (κ2) is 8.34. The number of rotatable bonds is 5.